The van der Waals surface area contributed by atoms with Crippen LogP contribution in [0.25, 0.3) is 0 Å². The molecular formula is C14H20N4O3. The van der Waals surface area contributed by atoms with E-state index in [0.717, 1.165) is 13.1 Å². The molecule has 7 nitrogen and oxygen atoms in total. The second-order valence-corrected chi connectivity index (χ2v) is 5.14. The van der Waals surface area contributed by atoms with Gasteiger partial charge in [0, 0.05) is 30.8 Å². The van der Waals surface area contributed by atoms with Crippen molar-refractivity contribution < 1.29 is 9.72 Å². The van der Waals surface area contributed by atoms with Crippen LogP contribution in [-0.4, -0.2) is 41.4 Å². The number of nitrogens with one attached hydrogen (secondary N) is 1. The number of benzene rings is 1. The molecule has 1 saturated carbocycles. The first kappa shape index (κ1) is 15.2. The van der Waals surface area contributed by atoms with Crippen molar-refractivity contribution in [2.45, 2.75) is 25.8 Å². The van der Waals surface area contributed by atoms with Crippen LogP contribution in [0.2, 0.25) is 0 Å². The average molecular weight is 292 g/mol. The summed E-state index contributed by atoms with van der Waals surface area (Å²) in [6.07, 6.45) is 2.47. The highest BCUT2D eigenvalue weighted by molar-refractivity contribution is 5.94. The van der Waals surface area contributed by atoms with E-state index in [1.54, 1.807) is 0 Å². The van der Waals surface area contributed by atoms with Crippen molar-refractivity contribution in [3.63, 3.8) is 0 Å². The predicted molar refractivity (Wildman–Crippen MR) is 80.4 cm³/mol. The van der Waals surface area contributed by atoms with Gasteiger partial charge in [-0.2, -0.15) is 0 Å². The lowest BCUT2D eigenvalue weighted by atomic mass is 10.1. The number of anilines is 1. The highest BCUT2D eigenvalue weighted by Crippen LogP contribution is 2.27. The molecule has 1 aromatic rings. The minimum Gasteiger partial charge on any atom is -0.378 e. The zero-order valence-electron chi connectivity index (χ0n) is 12.0. The molecule has 0 bridgehead atoms. The fraction of sp³-hybridized carbons (Fsp3) is 0.500. The molecule has 21 heavy (non-hydrogen) atoms. The van der Waals surface area contributed by atoms with E-state index in [0.29, 0.717) is 18.3 Å². The van der Waals surface area contributed by atoms with Gasteiger partial charge in [0.15, 0.2) is 0 Å². The van der Waals surface area contributed by atoms with Crippen LogP contribution in [0.3, 0.4) is 0 Å². The molecule has 0 atom stereocenters. The van der Waals surface area contributed by atoms with Gasteiger partial charge in [0.25, 0.3) is 5.69 Å². The molecule has 1 aliphatic rings. The molecule has 1 aliphatic carbocycles. The number of primary amides is 1. The van der Waals surface area contributed by atoms with Gasteiger partial charge in [-0.1, -0.05) is 6.92 Å². The van der Waals surface area contributed by atoms with Crippen molar-refractivity contribution in [3.8, 4) is 0 Å². The first-order valence-corrected chi connectivity index (χ1v) is 7.09. The van der Waals surface area contributed by atoms with Gasteiger partial charge in [0.1, 0.15) is 5.69 Å². The van der Waals surface area contributed by atoms with Gasteiger partial charge in [0.2, 0.25) is 5.91 Å². The summed E-state index contributed by atoms with van der Waals surface area (Å²) in [5, 5.41) is 14.1. The quantitative estimate of drug-likeness (QED) is 0.559. The summed E-state index contributed by atoms with van der Waals surface area (Å²) in [7, 11) is 0. The average Bonchev–Trinajstić information content (AvgIpc) is 3.28. The van der Waals surface area contributed by atoms with E-state index < -0.39 is 10.8 Å². The van der Waals surface area contributed by atoms with Crippen molar-refractivity contribution >= 4 is 17.3 Å². The summed E-state index contributed by atoms with van der Waals surface area (Å²) in [4.78, 5) is 24.0. The lowest BCUT2D eigenvalue weighted by Gasteiger charge is -2.20. The van der Waals surface area contributed by atoms with Crippen LogP contribution in [0.5, 0.6) is 0 Å². The molecule has 7 heteroatoms. The summed E-state index contributed by atoms with van der Waals surface area (Å²) < 4.78 is 0. The molecule has 0 spiro atoms. The molecular weight excluding hydrogens is 272 g/mol. The predicted octanol–water partition coefficient (Wildman–Crippen LogP) is 1.59. The van der Waals surface area contributed by atoms with Gasteiger partial charge in [-0.15, -0.1) is 0 Å². The van der Waals surface area contributed by atoms with Crippen LogP contribution in [0.15, 0.2) is 18.2 Å². The smallest absolute Gasteiger partial charge is 0.293 e. The summed E-state index contributed by atoms with van der Waals surface area (Å²) in [6.45, 7) is 4.56. The number of amides is 1. The van der Waals surface area contributed by atoms with Crippen molar-refractivity contribution in [2.75, 3.05) is 25.0 Å². The number of carbonyl (C=O) groups is 1. The Bertz CT molecular complexity index is 543. The Morgan fingerprint density at radius 1 is 1.52 bits per heavy atom. The third-order valence-electron chi connectivity index (χ3n) is 3.66. The zero-order chi connectivity index (χ0) is 15.4. The lowest BCUT2D eigenvalue weighted by molar-refractivity contribution is -0.384. The second kappa shape index (κ2) is 6.53. The number of nitrogens with zero attached hydrogens (tertiary/aromatic N) is 2. The molecule has 1 aromatic carbocycles. The maximum Gasteiger partial charge on any atom is 0.293 e. The maximum atomic E-state index is 11.1. The number of nitro benzene ring substituents is 1. The highest BCUT2D eigenvalue weighted by Gasteiger charge is 2.27. The minimum absolute atomic E-state index is 0.124. The highest BCUT2D eigenvalue weighted by atomic mass is 16.6. The van der Waals surface area contributed by atoms with E-state index in [1.165, 1.54) is 31.0 Å². The van der Waals surface area contributed by atoms with Gasteiger partial charge < -0.3 is 11.1 Å². The Morgan fingerprint density at radius 3 is 2.76 bits per heavy atom. The van der Waals surface area contributed by atoms with Gasteiger partial charge in [0.05, 0.1) is 4.92 Å². The number of rotatable bonds is 8. The van der Waals surface area contributed by atoms with Crippen LogP contribution >= 0.6 is 0 Å². The van der Waals surface area contributed by atoms with E-state index in [4.69, 9.17) is 5.73 Å². The molecule has 0 aliphatic heterocycles. The zero-order valence-corrected chi connectivity index (χ0v) is 12.0. The third kappa shape index (κ3) is 3.91. The summed E-state index contributed by atoms with van der Waals surface area (Å²) in [5.74, 6) is -0.671. The Morgan fingerprint density at radius 2 is 2.24 bits per heavy atom. The van der Waals surface area contributed by atoms with Crippen molar-refractivity contribution in [1.82, 2.24) is 4.90 Å². The van der Waals surface area contributed by atoms with E-state index in [1.807, 2.05) is 0 Å². The van der Waals surface area contributed by atoms with Crippen LogP contribution in [0, 0.1) is 10.1 Å². The Kier molecular flexibility index (Phi) is 4.74. The third-order valence-corrected chi connectivity index (χ3v) is 3.66. The monoisotopic (exact) mass is 292 g/mol. The molecule has 0 saturated heterocycles. The van der Waals surface area contributed by atoms with Crippen LogP contribution < -0.4 is 11.1 Å². The molecule has 1 amide bonds. The number of hydrogen-bond donors (Lipinski definition) is 2. The topological polar surface area (TPSA) is 102 Å². The molecule has 0 unspecified atom stereocenters. The Hall–Kier alpha value is -2.15. The largest absolute Gasteiger partial charge is 0.378 e. The minimum atomic E-state index is -0.671. The molecule has 0 aromatic heterocycles. The van der Waals surface area contributed by atoms with Gasteiger partial charge >= 0.3 is 0 Å². The van der Waals surface area contributed by atoms with Gasteiger partial charge in [-0.25, -0.2) is 0 Å². The number of likely N-dealkylation sites (N-methyl/N-ethyl adjacent to an activating group) is 1. The lowest BCUT2D eigenvalue weighted by Crippen LogP contribution is -2.31. The number of carbonyl (C=O) groups excluding carboxylic acids is 1. The number of nitrogens with two attached hydrogens (primary N) is 1. The van der Waals surface area contributed by atoms with E-state index >= 15 is 0 Å². The summed E-state index contributed by atoms with van der Waals surface area (Å²) in [5.41, 5.74) is 5.57. The fourth-order valence-electron chi connectivity index (χ4n) is 2.36. The normalized spacial score (nSPS) is 14.2. The molecule has 0 radical (unpaired) electrons. The van der Waals surface area contributed by atoms with E-state index in [-0.39, 0.29) is 11.3 Å². The number of hydrogen-bond acceptors (Lipinski definition) is 5. The van der Waals surface area contributed by atoms with Crippen molar-refractivity contribution in [1.29, 1.82) is 0 Å². The van der Waals surface area contributed by atoms with Gasteiger partial charge in [-0.3, -0.25) is 19.8 Å². The Balaban J connectivity index is 2.01. The standard InChI is InChI=1S/C14H20N4O3/c1-2-17(11-4-5-11)8-7-16-12-6-3-10(14(15)19)9-13(12)18(20)21/h3,6,9,11,16H,2,4-5,7-8H2,1H3,(H2,15,19). The van der Waals surface area contributed by atoms with Crippen molar-refractivity contribution in [2.24, 2.45) is 5.73 Å². The first-order chi connectivity index (χ1) is 10.0. The molecule has 1 fully saturated rings. The molecule has 0 heterocycles. The Labute approximate surface area is 123 Å². The van der Waals surface area contributed by atoms with Crippen LogP contribution in [0.1, 0.15) is 30.1 Å². The summed E-state index contributed by atoms with van der Waals surface area (Å²) >= 11 is 0. The maximum absolute atomic E-state index is 11.1. The van der Waals surface area contributed by atoms with Crippen LogP contribution in [-0.2, 0) is 0 Å². The molecule has 3 N–H and O–H groups in total. The fourth-order valence-corrected chi connectivity index (χ4v) is 2.36. The SMILES string of the molecule is CCN(CCNc1ccc(C(N)=O)cc1[N+](=O)[O-])C1CC1. The first-order valence-electron chi connectivity index (χ1n) is 7.09. The van der Waals surface area contributed by atoms with Crippen LogP contribution in [0.4, 0.5) is 11.4 Å². The summed E-state index contributed by atoms with van der Waals surface area (Å²) in [6, 6.07) is 4.91. The van der Waals surface area contributed by atoms with E-state index in [9.17, 15) is 14.9 Å². The van der Waals surface area contributed by atoms with Crippen molar-refractivity contribution in [3.05, 3.63) is 33.9 Å². The van der Waals surface area contributed by atoms with E-state index in [2.05, 4.69) is 17.1 Å². The molecule has 2 rings (SSSR count). The number of nitro groups is 1. The van der Waals surface area contributed by atoms with Gasteiger partial charge in [-0.05, 0) is 31.5 Å². The second-order valence-electron chi connectivity index (χ2n) is 5.14. The molecule has 114 valence electrons.